The molecule has 0 bridgehead atoms. The zero-order valence-electron chi connectivity index (χ0n) is 13.4. The van der Waals surface area contributed by atoms with Gasteiger partial charge in [0.1, 0.15) is 5.75 Å². The molecule has 1 fully saturated rings. The molecule has 24 heavy (non-hydrogen) atoms. The number of hydrogen-bond acceptors (Lipinski definition) is 4. The van der Waals surface area contributed by atoms with Gasteiger partial charge in [0, 0.05) is 13.1 Å². The van der Waals surface area contributed by atoms with E-state index in [1.165, 1.54) is 28.6 Å². The van der Waals surface area contributed by atoms with Crippen LogP contribution in [0.2, 0.25) is 0 Å². The molecule has 0 atom stereocenters. The topological polar surface area (TPSA) is 63.7 Å². The van der Waals surface area contributed by atoms with Crippen molar-refractivity contribution >= 4 is 16.0 Å². The Hall–Kier alpha value is -2.18. The molecule has 0 N–H and O–H groups in total. The van der Waals surface area contributed by atoms with Crippen molar-refractivity contribution in [2.45, 2.75) is 24.7 Å². The summed E-state index contributed by atoms with van der Waals surface area (Å²) in [6, 6.07) is 13.0. The Morgan fingerprint density at radius 3 is 2.12 bits per heavy atom. The third kappa shape index (κ3) is 3.49. The number of carbonyl (C=O) groups is 1. The van der Waals surface area contributed by atoms with Crippen LogP contribution in [0.3, 0.4) is 0 Å². The summed E-state index contributed by atoms with van der Waals surface area (Å²) in [4.78, 5) is 12.3. The molecule has 0 radical (unpaired) electrons. The molecule has 6 heteroatoms. The zero-order valence-corrected chi connectivity index (χ0v) is 14.3. The van der Waals surface area contributed by atoms with E-state index in [0.29, 0.717) is 24.4 Å². The van der Waals surface area contributed by atoms with Crippen LogP contribution in [0.4, 0.5) is 0 Å². The van der Waals surface area contributed by atoms with Crippen molar-refractivity contribution in [1.29, 1.82) is 0 Å². The number of benzene rings is 2. The van der Waals surface area contributed by atoms with Crippen molar-refractivity contribution in [3.63, 3.8) is 0 Å². The minimum Gasteiger partial charge on any atom is -0.423 e. The summed E-state index contributed by atoms with van der Waals surface area (Å²) in [6.45, 7) is 3.06. The zero-order chi connectivity index (χ0) is 17.2. The van der Waals surface area contributed by atoms with E-state index < -0.39 is 16.0 Å². The summed E-state index contributed by atoms with van der Waals surface area (Å²) in [5.41, 5.74) is 1.39. The van der Waals surface area contributed by atoms with Crippen molar-refractivity contribution in [2.24, 2.45) is 0 Å². The molecule has 5 nitrogen and oxygen atoms in total. The van der Waals surface area contributed by atoms with Crippen LogP contribution >= 0.6 is 0 Å². The highest BCUT2D eigenvalue weighted by Gasteiger charge is 2.27. The molecule has 1 aliphatic rings. The largest absolute Gasteiger partial charge is 0.423 e. The fourth-order valence-electron chi connectivity index (χ4n) is 2.61. The van der Waals surface area contributed by atoms with Gasteiger partial charge in [-0.2, -0.15) is 4.31 Å². The first-order valence-electron chi connectivity index (χ1n) is 7.86. The average molecular weight is 345 g/mol. The number of ether oxygens (including phenoxy) is 1. The van der Waals surface area contributed by atoms with Crippen LogP contribution in [0, 0.1) is 6.92 Å². The van der Waals surface area contributed by atoms with Gasteiger partial charge in [0.05, 0.1) is 10.5 Å². The average Bonchev–Trinajstić information content (AvgIpc) is 3.12. The van der Waals surface area contributed by atoms with Crippen molar-refractivity contribution in [2.75, 3.05) is 13.1 Å². The van der Waals surface area contributed by atoms with Gasteiger partial charge in [-0.15, -0.1) is 0 Å². The minimum absolute atomic E-state index is 0.205. The van der Waals surface area contributed by atoms with Crippen LogP contribution in [0.25, 0.3) is 0 Å². The van der Waals surface area contributed by atoms with E-state index in [2.05, 4.69) is 0 Å². The lowest BCUT2D eigenvalue weighted by molar-refractivity contribution is 0.0734. The highest BCUT2D eigenvalue weighted by Crippen LogP contribution is 2.21. The molecule has 0 spiro atoms. The Morgan fingerprint density at radius 2 is 1.54 bits per heavy atom. The standard InChI is InChI=1S/C18H19NO4S/c1-14-4-8-16(9-5-14)23-18(20)15-6-10-17(11-7-15)24(21,22)19-12-2-3-13-19/h4-11H,2-3,12-13H2,1H3. The second kappa shape index (κ2) is 6.75. The predicted molar refractivity (Wildman–Crippen MR) is 90.6 cm³/mol. The second-order valence-electron chi connectivity index (χ2n) is 5.84. The molecular weight excluding hydrogens is 326 g/mol. The number of rotatable bonds is 4. The van der Waals surface area contributed by atoms with Crippen LogP contribution in [0.1, 0.15) is 28.8 Å². The Morgan fingerprint density at radius 1 is 0.958 bits per heavy atom. The molecule has 1 heterocycles. The van der Waals surface area contributed by atoms with Gasteiger partial charge in [-0.3, -0.25) is 0 Å². The van der Waals surface area contributed by atoms with Gasteiger partial charge in [0.15, 0.2) is 0 Å². The first kappa shape index (κ1) is 16.7. The number of nitrogens with zero attached hydrogens (tertiary/aromatic N) is 1. The Labute approximate surface area is 141 Å². The van der Waals surface area contributed by atoms with E-state index >= 15 is 0 Å². The van der Waals surface area contributed by atoms with Crippen molar-refractivity contribution < 1.29 is 17.9 Å². The maximum Gasteiger partial charge on any atom is 0.343 e. The molecule has 0 saturated carbocycles. The van der Waals surface area contributed by atoms with Gasteiger partial charge in [-0.05, 0) is 56.2 Å². The second-order valence-corrected chi connectivity index (χ2v) is 7.78. The summed E-state index contributed by atoms with van der Waals surface area (Å²) < 4.78 is 31.7. The lowest BCUT2D eigenvalue weighted by Crippen LogP contribution is -2.27. The summed E-state index contributed by atoms with van der Waals surface area (Å²) in [7, 11) is -3.46. The molecule has 0 aliphatic carbocycles. The van der Waals surface area contributed by atoms with Crippen LogP contribution in [-0.2, 0) is 10.0 Å². The molecule has 3 rings (SSSR count). The lowest BCUT2D eigenvalue weighted by Gasteiger charge is -2.15. The highest BCUT2D eigenvalue weighted by molar-refractivity contribution is 7.89. The van der Waals surface area contributed by atoms with Gasteiger partial charge < -0.3 is 4.74 Å². The van der Waals surface area contributed by atoms with E-state index in [9.17, 15) is 13.2 Å². The SMILES string of the molecule is Cc1ccc(OC(=O)c2ccc(S(=O)(=O)N3CCCC3)cc2)cc1. The summed E-state index contributed by atoms with van der Waals surface area (Å²) in [5.74, 6) is -0.0525. The monoisotopic (exact) mass is 345 g/mol. The van der Waals surface area contributed by atoms with E-state index in [-0.39, 0.29) is 4.90 Å². The molecular formula is C18H19NO4S. The van der Waals surface area contributed by atoms with Gasteiger partial charge in [0.25, 0.3) is 0 Å². The number of aryl methyl sites for hydroxylation is 1. The van der Waals surface area contributed by atoms with E-state index in [0.717, 1.165) is 18.4 Å². The van der Waals surface area contributed by atoms with Crippen LogP contribution in [0.5, 0.6) is 5.75 Å². The van der Waals surface area contributed by atoms with Crippen LogP contribution < -0.4 is 4.74 Å². The van der Waals surface area contributed by atoms with Gasteiger partial charge >= 0.3 is 5.97 Å². The van der Waals surface area contributed by atoms with Crippen LogP contribution in [0.15, 0.2) is 53.4 Å². The van der Waals surface area contributed by atoms with Gasteiger partial charge in [-0.25, -0.2) is 13.2 Å². The van der Waals surface area contributed by atoms with E-state index in [4.69, 9.17) is 4.74 Å². The predicted octanol–water partition coefficient (Wildman–Crippen LogP) is 3.00. The fourth-order valence-corrected chi connectivity index (χ4v) is 4.13. The summed E-state index contributed by atoms with van der Waals surface area (Å²) >= 11 is 0. The van der Waals surface area contributed by atoms with Crippen molar-refractivity contribution in [3.05, 3.63) is 59.7 Å². The maximum atomic E-state index is 12.4. The normalized spacial score (nSPS) is 15.4. The smallest absolute Gasteiger partial charge is 0.343 e. The quantitative estimate of drug-likeness (QED) is 0.631. The number of hydrogen-bond donors (Lipinski definition) is 0. The van der Waals surface area contributed by atoms with Crippen LogP contribution in [-0.4, -0.2) is 31.8 Å². The Bertz CT molecular complexity index is 820. The third-order valence-corrected chi connectivity index (χ3v) is 5.94. The lowest BCUT2D eigenvalue weighted by atomic mass is 10.2. The molecule has 0 unspecified atom stereocenters. The molecule has 2 aromatic rings. The molecule has 1 aliphatic heterocycles. The molecule has 0 aromatic heterocycles. The number of esters is 1. The minimum atomic E-state index is -3.46. The molecule has 2 aromatic carbocycles. The first-order chi connectivity index (χ1) is 11.5. The van der Waals surface area contributed by atoms with Gasteiger partial charge in [0.2, 0.25) is 10.0 Å². The summed E-state index contributed by atoms with van der Waals surface area (Å²) in [5, 5.41) is 0. The fraction of sp³-hybridized carbons (Fsp3) is 0.278. The molecule has 0 amide bonds. The Kier molecular flexibility index (Phi) is 4.69. The van der Waals surface area contributed by atoms with Gasteiger partial charge in [-0.1, -0.05) is 17.7 Å². The summed E-state index contributed by atoms with van der Waals surface area (Å²) in [6.07, 6.45) is 1.78. The highest BCUT2D eigenvalue weighted by atomic mass is 32.2. The van der Waals surface area contributed by atoms with E-state index in [1.54, 1.807) is 12.1 Å². The molecule has 1 saturated heterocycles. The molecule has 126 valence electrons. The Balaban J connectivity index is 1.74. The van der Waals surface area contributed by atoms with Crippen molar-refractivity contribution in [1.82, 2.24) is 4.31 Å². The number of carbonyl (C=O) groups excluding carboxylic acids is 1. The van der Waals surface area contributed by atoms with Crippen molar-refractivity contribution in [3.8, 4) is 5.75 Å². The first-order valence-corrected chi connectivity index (χ1v) is 9.30. The third-order valence-electron chi connectivity index (χ3n) is 4.02. The number of sulfonamides is 1. The van der Waals surface area contributed by atoms with E-state index in [1.807, 2.05) is 19.1 Å². The maximum absolute atomic E-state index is 12.4.